The van der Waals surface area contributed by atoms with Gasteiger partial charge in [-0.05, 0) is 25.5 Å². The largest absolute Gasteiger partial charge is 0.462 e. The van der Waals surface area contributed by atoms with E-state index in [2.05, 4.69) is 0 Å². The van der Waals surface area contributed by atoms with E-state index in [1.165, 1.54) is 29.7 Å². The molecule has 0 aliphatic rings. The maximum absolute atomic E-state index is 13.4. The quantitative estimate of drug-likeness (QED) is 0.792. The van der Waals surface area contributed by atoms with E-state index in [0.29, 0.717) is 0 Å². The van der Waals surface area contributed by atoms with Crippen molar-refractivity contribution in [1.29, 1.82) is 0 Å². The smallest absolute Gasteiger partial charge is 0.417 e. The van der Waals surface area contributed by atoms with E-state index >= 15 is 0 Å². The van der Waals surface area contributed by atoms with E-state index < -0.39 is 17.7 Å². The third-order valence-electron chi connectivity index (χ3n) is 3.73. The van der Waals surface area contributed by atoms with Gasteiger partial charge in [-0.2, -0.15) is 13.2 Å². The van der Waals surface area contributed by atoms with E-state index in [9.17, 15) is 23.1 Å². The van der Waals surface area contributed by atoms with Gasteiger partial charge in [-0.15, -0.1) is 0 Å². The van der Waals surface area contributed by atoms with Gasteiger partial charge >= 0.3 is 12.1 Å². The van der Waals surface area contributed by atoms with Crippen LogP contribution in [0.4, 0.5) is 13.2 Å². The number of hydrogen-bond acceptors (Lipinski definition) is 3. The highest BCUT2D eigenvalue weighted by molar-refractivity contribution is 6.33. The molecule has 0 aliphatic heterocycles. The molecule has 0 aliphatic carbocycles. The molecule has 0 amide bonds. The zero-order chi connectivity index (χ0) is 18.8. The van der Waals surface area contributed by atoms with E-state index in [1.54, 1.807) is 6.92 Å². The molecule has 0 spiro atoms. The Morgan fingerprint density at radius 1 is 1.32 bits per heavy atom. The number of carbonyl (C=O) groups is 1. The van der Waals surface area contributed by atoms with Crippen LogP contribution in [0.2, 0.25) is 5.15 Å². The molecule has 25 heavy (non-hydrogen) atoms. The molecule has 0 atom stereocenters. The molecule has 0 saturated carbocycles. The Kier molecular flexibility index (Phi) is 5.80. The Labute approximate surface area is 147 Å². The zero-order valence-electron chi connectivity index (χ0n) is 13.7. The molecule has 2 aromatic rings. The summed E-state index contributed by atoms with van der Waals surface area (Å²) in [5.41, 5.74) is -0.548. The minimum Gasteiger partial charge on any atom is -0.462 e. The molecular formula is C17H17ClF3NO3. The van der Waals surface area contributed by atoms with Gasteiger partial charge in [-0.1, -0.05) is 29.8 Å². The lowest BCUT2D eigenvalue weighted by atomic mass is 10.00. The summed E-state index contributed by atoms with van der Waals surface area (Å²) >= 11 is 6.23. The number of aromatic nitrogens is 1. The fourth-order valence-corrected chi connectivity index (χ4v) is 3.13. The minimum atomic E-state index is -4.58. The number of esters is 1. The Morgan fingerprint density at radius 3 is 2.52 bits per heavy atom. The van der Waals surface area contributed by atoms with Crippen LogP contribution in [0.15, 0.2) is 24.3 Å². The van der Waals surface area contributed by atoms with Crippen molar-refractivity contribution in [3.63, 3.8) is 0 Å². The van der Waals surface area contributed by atoms with Gasteiger partial charge in [0.25, 0.3) is 0 Å². The van der Waals surface area contributed by atoms with Crippen molar-refractivity contribution >= 4 is 17.6 Å². The lowest BCUT2D eigenvalue weighted by Gasteiger charge is -2.16. The van der Waals surface area contributed by atoms with Crippen LogP contribution < -0.4 is 0 Å². The first-order valence-electron chi connectivity index (χ1n) is 7.57. The van der Waals surface area contributed by atoms with Crippen molar-refractivity contribution in [2.24, 2.45) is 0 Å². The summed E-state index contributed by atoms with van der Waals surface area (Å²) in [6, 6.07) is 5.03. The summed E-state index contributed by atoms with van der Waals surface area (Å²) in [6.07, 6.45) is -4.58. The SMILES string of the molecule is CCOC(=O)c1c(C)c(-c2ccccc2C(F)(F)F)n(CCO)c1Cl. The number of aliphatic hydroxyl groups is 1. The van der Waals surface area contributed by atoms with Crippen LogP contribution in [0.3, 0.4) is 0 Å². The number of aliphatic hydroxyl groups excluding tert-OH is 1. The van der Waals surface area contributed by atoms with Crippen molar-refractivity contribution in [1.82, 2.24) is 4.57 Å². The highest BCUT2D eigenvalue weighted by Crippen LogP contribution is 2.41. The van der Waals surface area contributed by atoms with Crippen LogP contribution in [-0.4, -0.2) is 28.9 Å². The Hall–Kier alpha value is -1.99. The van der Waals surface area contributed by atoms with E-state index in [0.717, 1.165) is 6.07 Å². The van der Waals surface area contributed by atoms with Gasteiger partial charge in [0, 0.05) is 12.1 Å². The predicted molar refractivity (Wildman–Crippen MR) is 87.7 cm³/mol. The average molecular weight is 376 g/mol. The number of carbonyl (C=O) groups excluding carboxylic acids is 1. The fraction of sp³-hybridized carbons (Fsp3) is 0.353. The number of alkyl halides is 3. The second-order valence-corrected chi connectivity index (χ2v) is 5.64. The van der Waals surface area contributed by atoms with Crippen LogP contribution in [-0.2, 0) is 17.5 Å². The standard InChI is InChI=1S/C17H17ClF3NO3/c1-3-25-16(24)13-10(2)14(22(8-9-23)15(13)18)11-6-4-5-7-12(11)17(19,20)21/h4-7,23H,3,8-9H2,1-2H3. The fourth-order valence-electron chi connectivity index (χ4n) is 2.74. The molecule has 0 radical (unpaired) electrons. The van der Waals surface area contributed by atoms with Gasteiger partial charge in [0.05, 0.1) is 24.5 Å². The van der Waals surface area contributed by atoms with E-state index in [4.69, 9.17) is 16.3 Å². The molecule has 0 saturated heterocycles. The molecule has 1 aromatic carbocycles. The number of nitrogens with zero attached hydrogens (tertiary/aromatic N) is 1. The number of benzene rings is 1. The highest BCUT2D eigenvalue weighted by Gasteiger charge is 2.36. The maximum Gasteiger partial charge on any atom is 0.417 e. The van der Waals surface area contributed by atoms with Crippen molar-refractivity contribution in [3.8, 4) is 11.3 Å². The second-order valence-electron chi connectivity index (χ2n) is 5.28. The molecule has 1 aromatic heterocycles. The van der Waals surface area contributed by atoms with Gasteiger partial charge in [-0.3, -0.25) is 0 Å². The molecule has 0 fully saturated rings. The first-order valence-corrected chi connectivity index (χ1v) is 7.94. The maximum atomic E-state index is 13.4. The van der Waals surface area contributed by atoms with Gasteiger partial charge in [-0.25, -0.2) is 4.79 Å². The summed E-state index contributed by atoms with van der Waals surface area (Å²) in [5.74, 6) is -0.715. The third-order valence-corrected chi connectivity index (χ3v) is 4.13. The number of rotatable bonds is 5. The van der Waals surface area contributed by atoms with Crippen molar-refractivity contribution in [3.05, 3.63) is 46.1 Å². The third kappa shape index (κ3) is 3.67. The predicted octanol–water partition coefficient (Wildman–Crippen LogP) is 4.30. The topological polar surface area (TPSA) is 51.5 Å². The van der Waals surface area contributed by atoms with E-state index in [1.807, 2.05) is 0 Å². The minimum absolute atomic E-state index is 0.00365. The Balaban J connectivity index is 2.78. The molecule has 1 heterocycles. The van der Waals surface area contributed by atoms with Crippen LogP contribution in [0.1, 0.15) is 28.4 Å². The molecule has 4 nitrogen and oxygen atoms in total. The number of halogens is 4. The van der Waals surface area contributed by atoms with Gasteiger partial charge in [0.2, 0.25) is 0 Å². The van der Waals surface area contributed by atoms with Gasteiger partial charge < -0.3 is 14.4 Å². The normalized spacial score (nSPS) is 11.6. The first kappa shape index (κ1) is 19.3. The summed E-state index contributed by atoms with van der Waals surface area (Å²) in [5, 5.41) is 9.21. The zero-order valence-corrected chi connectivity index (χ0v) is 14.4. The van der Waals surface area contributed by atoms with Crippen LogP contribution in [0, 0.1) is 6.92 Å². The molecular weight excluding hydrogens is 359 g/mol. The summed E-state index contributed by atoms with van der Waals surface area (Å²) in [7, 11) is 0. The van der Waals surface area contributed by atoms with E-state index in [-0.39, 0.29) is 47.3 Å². The molecule has 8 heteroatoms. The molecule has 0 bridgehead atoms. The summed E-state index contributed by atoms with van der Waals surface area (Å²) < 4.78 is 46.4. The number of hydrogen-bond donors (Lipinski definition) is 1. The second kappa shape index (κ2) is 7.49. The van der Waals surface area contributed by atoms with Gasteiger partial charge in [0.1, 0.15) is 10.7 Å². The summed E-state index contributed by atoms with van der Waals surface area (Å²) in [4.78, 5) is 12.2. The monoisotopic (exact) mass is 375 g/mol. The highest BCUT2D eigenvalue weighted by atomic mass is 35.5. The van der Waals surface area contributed by atoms with Crippen LogP contribution in [0.5, 0.6) is 0 Å². The first-order chi connectivity index (χ1) is 11.7. The molecule has 0 unspecified atom stereocenters. The van der Waals surface area contributed by atoms with Crippen molar-refractivity contribution < 1.29 is 27.8 Å². The summed E-state index contributed by atoms with van der Waals surface area (Å²) in [6.45, 7) is 2.83. The molecule has 136 valence electrons. The van der Waals surface area contributed by atoms with Gasteiger partial charge in [0.15, 0.2) is 0 Å². The number of ether oxygens (including phenoxy) is 1. The molecule has 2 rings (SSSR count). The van der Waals surface area contributed by atoms with Crippen molar-refractivity contribution in [2.75, 3.05) is 13.2 Å². The lowest BCUT2D eigenvalue weighted by molar-refractivity contribution is -0.137. The Bertz CT molecular complexity index is 784. The van der Waals surface area contributed by atoms with Crippen LogP contribution >= 0.6 is 11.6 Å². The lowest BCUT2D eigenvalue weighted by Crippen LogP contribution is -2.10. The molecule has 1 N–H and O–H groups in total. The van der Waals surface area contributed by atoms with Crippen molar-refractivity contribution in [2.45, 2.75) is 26.6 Å². The average Bonchev–Trinajstić information content (AvgIpc) is 2.78. The Morgan fingerprint density at radius 2 is 1.96 bits per heavy atom. The van der Waals surface area contributed by atoms with Crippen LogP contribution in [0.25, 0.3) is 11.3 Å².